The maximum Gasteiger partial charge on any atom is 0.276 e. The number of nitrogens with one attached hydrogen (secondary N) is 1. The summed E-state index contributed by atoms with van der Waals surface area (Å²) in [6.45, 7) is 2.32. The number of rotatable bonds is 8. The highest BCUT2D eigenvalue weighted by Gasteiger charge is 2.13. The first-order valence-electron chi connectivity index (χ1n) is 8.51. The van der Waals surface area contributed by atoms with E-state index in [0.717, 1.165) is 0 Å². The van der Waals surface area contributed by atoms with Gasteiger partial charge in [-0.15, -0.1) is 0 Å². The summed E-state index contributed by atoms with van der Waals surface area (Å²) < 4.78 is 35.3. The molecule has 0 spiro atoms. The Morgan fingerprint density at radius 3 is 2.41 bits per heavy atom. The Morgan fingerprint density at radius 2 is 1.79 bits per heavy atom. The molecule has 0 atom stereocenters. The van der Waals surface area contributed by atoms with Crippen molar-refractivity contribution < 1.29 is 22.5 Å². The second-order valence-electron chi connectivity index (χ2n) is 5.76. The van der Waals surface area contributed by atoms with Crippen LogP contribution in [0.3, 0.4) is 0 Å². The van der Waals surface area contributed by atoms with Gasteiger partial charge in [-0.2, -0.15) is 18.4 Å². The fourth-order valence-corrected chi connectivity index (χ4v) is 3.21. The predicted molar refractivity (Wildman–Crippen MR) is 106 cm³/mol. The number of nitrogens with zero attached hydrogens (tertiary/aromatic N) is 2. The molecule has 1 heterocycles. The lowest BCUT2D eigenvalue weighted by Crippen LogP contribution is -2.18. The van der Waals surface area contributed by atoms with Crippen LogP contribution in [0.1, 0.15) is 12.7 Å². The molecule has 9 nitrogen and oxygen atoms in total. The summed E-state index contributed by atoms with van der Waals surface area (Å²) >= 11 is 0. The van der Waals surface area contributed by atoms with Gasteiger partial charge in [-0.05, 0) is 55.5 Å². The van der Waals surface area contributed by atoms with E-state index in [1.807, 2.05) is 6.92 Å². The van der Waals surface area contributed by atoms with E-state index < -0.39 is 14.9 Å². The zero-order valence-electron chi connectivity index (χ0n) is 15.3. The number of nitro groups is 1. The highest BCUT2D eigenvalue weighted by molar-refractivity contribution is 7.89. The number of non-ortho nitro benzene ring substituents is 1. The second-order valence-corrected chi connectivity index (χ2v) is 7.42. The topological polar surface area (TPSA) is 124 Å². The van der Waals surface area contributed by atoms with Gasteiger partial charge in [0.05, 0.1) is 22.6 Å². The van der Waals surface area contributed by atoms with Crippen molar-refractivity contribution in [2.45, 2.75) is 11.8 Å². The molecule has 0 bridgehead atoms. The Balaban J connectivity index is 1.66. The first kappa shape index (κ1) is 20.1. The molecule has 29 heavy (non-hydrogen) atoms. The van der Waals surface area contributed by atoms with Gasteiger partial charge in [-0.1, -0.05) is 0 Å². The van der Waals surface area contributed by atoms with Crippen molar-refractivity contribution in [2.24, 2.45) is 5.10 Å². The molecule has 3 aromatic rings. The van der Waals surface area contributed by atoms with Gasteiger partial charge in [0.25, 0.3) is 15.7 Å². The van der Waals surface area contributed by atoms with Gasteiger partial charge in [0, 0.05) is 17.7 Å². The zero-order valence-corrected chi connectivity index (χ0v) is 16.1. The third-order valence-corrected chi connectivity index (χ3v) is 5.04. The van der Waals surface area contributed by atoms with Gasteiger partial charge in [0.2, 0.25) is 0 Å². The molecule has 0 aliphatic heterocycles. The second kappa shape index (κ2) is 8.57. The van der Waals surface area contributed by atoms with Crippen LogP contribution in [0.15, 0.2) is 75.1 Å². The van der Waals surface area contributed by atoms with Crippen LogP contribution < -0.4 is 9.57 Å². The molecule has 0 aliphatic rings. The lowest BCUT2D eigenvalue weighted by molar-refractivity contribution is -0.384. The summed E-state index contributed by atoms with van der Waals surface area (Å²) in [7, 11) is -3.83. The summed E-state index contributed by atoms with van der Waals surface area (Å²) in [5.74, 6) is 1.35. The zero-order chi connectivity index (χ0) is 20.9. The molecule has 0 radical (unpaired) electrons. The molecule has 2 aromatic carbocycles. The Morgan fingerprint density at radius 1 is 1.10 bits per heavy atom. The average Bonchev–Trinajstić information content (AvgIpc) is 3.17. The minimum Gasteiger partial charge on any atom is -0.494 e. The SMILES string of the molecule is CCOc1ccc(S(=O)(=O)NN=Cc2ccc(-c3ccc([N+](=O)[O-])cc3)o2)cc1. The maximum atomic E-state index is 12.3. The van der Waals surface area contributed by atoms with Gasteiger partial charge in [-0.3, -0.25) is 10.1 Å². The van der Waals surface area contributed by atoms with Crippen molar-refractivity contribution in [3.05, 3.63) is 76.5 Å². The maximum absolute atomic E-state index is 12.3. The molecule has 0 aliphatic carbocycles. The van der Waals surface area contributed by atoms with E-state index in [2.05, 4.69) is 9.93 Å². The fraction of sp³-hybridized carbons (Fsp3) is 0.105. The van der Waals surface area contributed by atoms with Gasteiger partial charge in [0.1, 0.15) is 17.3 Å². The predicted octanol–water partition coefficient (Wildman–Crippen LogP) is 3.57. The van der Waals surface area contributed by atoms with Crippen LogP contribution in [-0.4, -0.2) is 26.2 Å². The summed E-state index contributed by atoms with van der Waals surface area (Å²) in [6, 6.07) is 15.1. The average molecular weight is 415 g/mol. The van der Waals surface area contributed by atoms with Crippen LogP contribution in [0.4, 0.5) is 5.69 Å². The number of hydrogen-bond donors (Lipinski definition) is 1. The Bertz CT molecular complexity index is 1120. The van der Waals surface area contributed by atoms with Crippen molar-refractivity contribution in [3.63, 3.8) is 0 Å². The van der Waals surface area contributed by atoms with E-state index >= 15 is 0 Å². The number of hydrogen-bond acceptors (Lipinski definition) is 7. The minimum atomic E-state index is -3.83. The molecular weight excluding hydrogens is 398 g/mol. The summed E-state index contributed by atoms with van der Waals surface area (Å²) in [5, 5.41) is 14.4. The molecule has 0 saturated carbocycles. The number of ether oxygens (including phenoxy) is 1. The third-order valence-electron chi connectivity index (χ3n) is 3.80. The molecule has 150 valence electrons. The molecule has 0 saturated heterocycles. The van der Waals surface area contributed by atoms with Crippen molar-refractivity contribution in [1.29, 1.82) is 0 Å². The largest absolute Gasteiger partial charge is 0.494 e. The molecule has 0 amide bonds. The fourth-order valence-electron chi connectivity index (χ4n) is 2.42. The standard InChI is InChI=1S/C19H17N3O6S/c1-2-27-16-7-10-18(11-8-16)29(25,26)21-20-13-17-9-12-19(28-17)14-3-5-15(6-4-14)22(23)24/h3-13,21H,2H2,1H3. The van der Waals surface area contributed by atoms with Crippen LogP contribution in [-0.2, 0) is 10.0 Å². The van der Waals surface area contributed by atoms with Gasteiger partial charge in [0.15, 0.2) is 0 Å². The van der Waals surface area contributed by atoms with E-state index in [0.29, 0.717) is 29.4 Å². The Hall–Kier alpha value is -3.66. The Kier molecular flexibility index (Phi) is 5.93. The van der Waals surface area contributed by atoms with E-state index in [9.17, 15) is 18.5 Å². The quantitative estimate of drug-likeness (QED) is 0.341. The molecule has 10 heteroatoms. The normalized spacial score (nSPS) is 11.5. The smallest absolute Gasteiger partial charge is 0.276 e. The van der Waals surface area contributed by atoms with Crippen molar-refractivity contribution in [3.8, 4) is 17.1 Å². The highest BCUT2D eigenvalue weighted by Crippen LogP contribution is 2.24. The summed E-state index contributed by atoms with van der Waals surface area (Å²) in [5.41, 5.74) is 0.621. The van der Waals surface area contributed by atoms with E-state index in [-0.39, 0.29) is 10.6 Å². The Labute approximate surface area is 166 Å². The number of hydrazone groups is 1. The van der Waals surface area contributed by atoms with Crippen LogP contribution in [0.2, 0.25) is 0 Å². The molecule has 1 aromatic heterocycles. The van der Waals surface area contributed by atoms with Crippen LogP contribution in [0, 0.1) is 10.1 Å². The molecular formula is C19H17N3O6S. The van der Waals surface area contributed by atoms with Crippen molar-refractivity contribution in [2.75, 3.05) is 6.61 Å². The van der Waals surface area contributed by atoms with E-state index in [1.54, 1.807) is 36.4 Å². The first-order chi connectivity index (χ1) is 13.9. The summed E-state index contributed by atoms with van der Waals surface area (Å²) in [4.78, 5) is 12.4. The van der Waals surface area contributed by atoms with Gasteiger partial charge >= 0.3 is 0 Å². The van der Waals surface area contributed by atoms with Crippen LogP contribution >= 0.6 is 0 Å². The lowest BCUT2D eigenvalue weighted by atomic mass is 10.1. The molecule has 0 unspecified atom stereocenters. The van der Waals surface area contributed by atoms with Crippen molar-refractivity contribution >= 4 is 21.9 Å². The van der Waals surface area contributed by atoms with Crippen LogP contribution in [0.25, 0.3) is 11.3 Å². The number of sulfonamides is 1. The van der Waals surface area contributed by atoms with E-state index in [1.165, 1.54) is 30.5 Å². The number of nitro benzene ring substituents is 1. The van der Waals surface area contributed by atoms with E-state index in [4.69, 9.17) is 9.15 Å². The molecule has 1 N–H and O–H groups in total. The first-order valence-corrected chi connectivity index (χ1v) is 10.00. The van der Waals surface area contributed by atoms with Gasteiger partial charge < -0.3 is 9.15 Å². The highest BCUT2D eigenvalue weighted by atomic mass is 32.2. The van der Waals surface area contributed by atoms with Crippen LogP contribution in [0.5, 0.6) is 5.75 Å². The summed E-state index contributed by atoms with van der Waals surface area (Å²) in [6.07, 6.45) is 1.22. The molecule has 3 rings (SSSR count). The van der Waals surface area contributed by atoms with Gasteiger partial charge in [-0.25, -0.2) is 0 Å². The minimum absolute atomic E-state index is 0.0224. The molecule has 0 fully saturated rings. The van der Waals surface area contributed by atoms with Crippen molar-refractivity contribution in [1.82, 2.24) is 4.83 Å². The third kappa shape index (κ3) is 4.99. The number of furan rings is 1. The monoisotopic (exact) mass is 415 g/mol. The number of benzene rings is 2. The lowest BCUT2D eigenvalue weighted by Gasteiger charge is -2.05.